The molecular weight excluding hydrogens is 387 g/mol. The van der Waals surface area contributed by atoms with Crippen LogP contribution < -0.4 is 5.32 Å². The molecule has 0 aliphatic heterocycles. The van der Waals surface area contributed by atoms with E-state index in [4.69, 9.17) is 4.42 Å². The summed E-state index contributed by atoms with van der Waals surface area (Å²) >= 11 is 0. The Bertz CT molecular complexity index is 996. The second-order valence-corrected chi connectivity index (χ2v) is 6.99. The first-order valence-electron chi connectivity index (χ1n) is 9.27. The van der Waals surface area contributed by atoms with Crippen molar-refractivity contribution in [2.45, 2.75) is 58.7 Å². The number of nitrogens with one attached hydrogen (secondary N) is 1. The van der Waals surface area contributed by atoms with E-state index < -0.39 is 12.0 Å². The molecule has 0 bridgehead atoms. The molecule has 0 radical (unpaired) electrons. The molecule has 0 aromatic carbocycles. The van der Waals surface area contributed by atoms with E-state index in [9.17, 15) is 18.0 Å². The number of fused-ring (bicyclic) bond motifs is 1. The lowest BCUT2D eigenvalue weighted by atomic mass is 10.1. The van der Waals surface area contributed by atoms with Crippen LogP contribution in [0.2, 0.25) is 0 Å². The molecule has 1 amide bonds. The average Bonchev–Trinajstić information content (AvgIpc) is 3.28. The molecule has 7 nitrogen and oxygen atoms in total. The van der Waals surface area contributed by atoms with Crippen molar-refractivity contribution in [2.24, 2.45) is 0 Å². The maximum atomic E-state index is 12.9. The highest BCUT2D eigenvalue weighted by Gasteiger charge is 2.36. The van der Waals surface area contributed by atoms with Crippen LogP contribution in [0.25, 0.3) is 5.78 Å². The number of nitrogens with zero attached hydrogens (tertiary/aromatic N) is 4. The second-order valence-electron chi connectivity index (χ2n) is 6.99. The monoisotopic (exact) mass is 409 g/mol. The number of halogens is 3. The molecule has 0 saturated carbocycles. The Morgan fingerprint density at radius 2 is 2.03 bits per heavy atom. The highest BCUT2D eigenvalue weighted by molar-refractivity contribution is 5.76. The average molecular weight is 409 g/mol. The topological polar surface area (TPSA) is 85.3 Å². The first-order valence-corrected chi connectivity index (χ1v) is 9.27. The zero-order chi connectivity index (χ0) is 21.2. The minimum atomic E-state index is -4.64. The van der Waals surface area contributed by atoms with E-state index in [2.05, 4.69) is 20.4 Å². The molecule has 0 aliphatic carbocycles. The van der Waals surface area contributed by atoms with Crippen LogP contribution in [-0.2, 0) is 23.8 Å². The lowest BCUT2D eigenvalue weighted by molar-refractivity contribution is -0.144. The Balaban J connectivity index is 1.62. The van der Waals surface area contributed by atoms with Crippen LogP contribution in [0.3, 0.4) is 0 Å². The summed E-state index contributed by atoms with van der Waals surface area (Å²) in [5, 5.41) is 6.45. The van der Waals surface area contributed by atoms with Crippen LogP contribution >= 0.6 is 0 Å². The summed E-state index contributed by atoms with van der Waals surface area (Å²) < 4.78 is 44.9. The SMILES string of the molecule is Cc1nc2nc(C(F)(F)F)nn2c(C)c1CCC(=O)N[C@@H](C)CCc1ccco1. The first-order chi connectivity index (χ1) is 13.6. The lowest BCUT2D eigenvalue weighted by Crippen LogP contribution is -2.33. The molecule has 156 valence electrons. The molecule has 0 unspecified atom stereocenters. The van der Waals surface area contributed by atoms with Gasteiger partial charge in [0.25, 0.3) is 11.6 Å². The van der Waals surface area contributed by atoms with E-state index >= 15 is 0 Å². The van der Waals surface area contributed by atoms with Gasteiger partial charge in [-0.05, 0) is 51.3 Å². The molecule has 1 atom stereocenters. The summed E-state index contributed by atoms with van der Waals surface area (Å²) in [5.41, 5.74) is 1.72. The van der Waals surface area contributed by atoms with E-state index in [1.54, 1.807) is 20.1 Å². The molecule has 3 heterocycles. The highest BCUT2D eigenvalue weighted by atomic mass is 19.4. The molecule has 0 aliphatic rings. The minimum absolute atomic E-state index is 0.0277. The number of hydrogen-bond acceptors (Lipinski definition) is 5. The van der Waals surface area contributed by atoms with Gasteiger partial charge < -0.3 is 9.73 Å². The van der Waals surface area contributed by atoms with Gasteiger partial charge in [-0.1, -0.05) is 0 Å². The summed E-state index contributed by atoms with van der Waals surface area (Å²) in [6.07, 6.45) is -1.02. The third kappa shape index (κ3) is 4.93. The predicted octanol–water partition coefficient (Wildman–Crippen LogP) is 3.42. The summed E-state index contributed by atoms with van der Waals surface area (Å²) in [4.78, 5) is 19.8. The molecule has 3 rings (SSSR count). The number of hydrogen-bond donors (Lipinski definition) is 1. The fourth-order valence-electron chi connectivity index (χ4n) is 3.16. The third-order valence-electron chi connectivity index (χ3n) is 4.72. The van der Waals surface area contributed by atoms with Gasteiger partial charge in [-0.3, -0.25) is 4.79 Å². The Hall–Kier alpha value is -2.91. The van der Waals surface area contributed by atoms with Gasteiger partial charge in [0.05, 0.1) is 6.26 Å². The van der Waals surface area contributed by atoms with Crippen molar-refractivity contribution in [3.05, 3.63) is 46.9 Å². The van der Waals surface area contributed by atoms with Gasteiger partial charge in [-0.2, -0.15) is 18.2 Å². The lowest BCUT2D eigenvalue weighted by Gasteiger charge is -2.14. The van der Waals surface area contributed by atoms with E-state index in [0.29, 0.717) is 23.4 Å². The molecule has 29 heavy (non-hydrogen) atoms. The Labute approximate surface area is 165 Å². The van der Waals surface area contributed by atoms with Gasteiger partial charge in [0.2, 0.25) is 5.91 Å². The maximum absolute atomic E-state index is 12.9. The van der Waals surface area contributed by atoms with Crippen molar-refractivity contribution in [1.82, 2.24) is 24.9 Å². The minimum Gasteiger partial charge on any atom is -0.469 e. The Morgan fingerprint density at radius 3 is 2.69 bits per heavy atom. The normalized spacial score (nSPS) is 13.0. The van der Waals surface area contributed by atoms with Crippen LogP contribution in [0.5, 0.6) is 0 Å². The van der Waals surface area contributed by atoms with Crippen molar-refractivity contribution in [2.75, 3.05) is 0 Å². The smallest absolute Gasteiger partial charge is 0.453 e. The summed E-state index contributed by atoms with van der Waals surface area (Å²) in [6.45, 7) is 5.25. The summed E-state index contributed by atoms with van der Waals surface area (Å²) in [6, 6.07) is 3.68. The highest BCUT2D eigenvalue weighted by Crippen LogP contribution is 2.27. The van der Waals surface area contributed by atoms with Crippen molar-refractivity contribution in [3.63, 3.8) is 0 Å². The Morgan fingerprint density at radius 1 is 1.28 bits per heavy atom. The van der Waals surface area contributed by atoms with Gasteiger partial charge in [-0.25, -0.2) is 9.50 Å². The molecule has 0 saturated heterocycles. The van der Waals surface area contributed by atoms with Crippen LogP contribution in [0.4, 0.5) is 13.2 Å². The van der Waals surface area contributed by atoms with Gasteiger partial charge >= 0.3 is 6.18 Å². The van der Waals surface area contributed by atoms with Gasteiger partial charge in [0.1, 0.15) is 5.76 Å². The van der Waals surface area contributed by atoms with Crippen LogP contribution in [0.15, 0.2) is 22.8 Å². The zero-order valence-electron chi connectivity index (χ0n) is 16.4. The molecule has 1 N–H and O–H groups in total. The van der Waals surface area contributed by atoms with Crippen LogP contribution in [0.1, 0.15) is 48.3 Å². The van der Waals surface area contributed by atoms with Crippen molar-refractivity contribution < 1.29 is 22.4 Å². The van der Waals surface area contributed by atoms with Crippen molar-refractivity contribution >= 4 is 11.7 Å². The molecule has 3 aromatic heterocycles. The van der Waals surface area contributed by atoms with Gasteiger partial charge in [0.15, 0.2) is 0 Å². The fraction of sp³-hybridized carbons (Fsp3) is 0.474. The molecule has 10 heteroatoms. The molecule has 3 aromatic rings. The number of carbonyl (C=O) groups excluding carboxylic acids is 1. The number of alkyl halides is 3. The van der Waals surface area contributed by atoms with E-state index in [1.165, 1.54) is 0 Å². The zero-order valence-corrected chi connectivity index (χ0v) is 16.4. The Kier molecular flexibility index (Phi) is 5.90. The van der Waals surface area contributed by atoms with Gasteiger partial charge in [0, 0.05) is 30.3 Å². The standard InChI is InChI=1S/C19H22F3N5O2/c1-11(6-7-14-5-4-10-29-14)23-16(28)9-8-15-12(2)24-18-25-17(19(20,21)22)26-27(18)13(15)3/h4-5,10-11H,6-9H2,1-3H3,(H,23,28)/t11-/m0/s1. The number of aryl methyl sites for hydroxylation is 3. The number of rotatable bonds is 7. The number of aromatic nitrogens is 4. The molecule has 0 fully saturated rings. The number of furan rings is 1. The van der Waals surface area contributed by atoms with E-state index in [1.807, 2.05) is 19.1 Å². The maximum Gasteiger partial charge on any atom is 0.453 e. The van der Waals surface area contributed by atoms with Crippen LogP contribution in [-0.4, -0.2) is 31.5 Å². The van der Waals surface area contributed by atoms with Crippen molar-refractivity contribution in [3.8, 4) is 0 Å². The summed E-state index contributed by atoms with van der Waals surface area (Å²) in [7, 11) is 0. The second kappa shape index (κ2) is 8.22. The van der Waals surface area contributed by atoms with E-state index in [0.717, 1.165) is 23.1 Å². The number of carbonyl (C=O) groups is 1. The quantitative estimate of drug-likeness (QED) is 0.646. The largest absolute Gasteiger partial charge is 0.469 e. The van der Waals surface area contributed by atoms with Gasteiger partial charge in [-0.15, -0.1) is 5.10 Å². The first kappa shape index (κ1) is 20.8. The predicted molar refractivity (Wildman–Crippen MR) is 98.2 cm³/mol. The summed E-state index contributed by atoms with van der Waals surface area (Å²) in [5.74, 6) is -0.604. The molecule has 0 spiro atoms. The van der Waals surface area contributed by atoms with E-state index in [-0.39, 0.29) is 24.1 Å². The third-order valence-corrected chi connectivity index (χ3v) is 4.72. The number of amides is 1. The van der Waals surface area contributed by atoms with Crippen LogP contribution in [0, 0.1) is 13.8 Å². The van der Waals surface area contributed by atoms with Crippen molar-refractivity contribution in [1.29, 1.82) is 0 Å². The fourth-order valence-corrected chi connectivity index (χ4v) is 3.16. The molecular formula is C19H22F3N5O2.